The van der Waals surface area contributed by atoms with Gasteiger partial charge in [-0.05, 0) is 19.4 Å². The Morgan fingerprint density at radius 1 is 1.29 bits per heavy atom. The first-order chi connectivity index (χ1) is 9.86. The zero-order chi connectivity index (χ0) is 15.6. The zero-order valence-corrected chi connectivity index (χ0v) is 11.6. The van der Waals surface area contributed by atoms with Gasteiger partial charge in [0.05, 0.1) is 11.1 Å². The van der Waals surface area contributed by atoms with E-state index in [4.69, 9.17) is 4.52 Å². The summed E-state index contributed by atoms with van der Waals surface area (Å²) in [7, 11) is 0. The predicted octanol–water partition coefficient (Wildman–Crippen LogP) is 4.65. The second kappa shape index (κ2) is 5.71. The number of Topliss-reactive ketones (excluding diaryl/α,β-unsaturated/α-hetero) is 1. The van der Waals surface area contributed by atoms with Crippen molar-refractivity contribution in [1.29, 1.82) is 0 Å². The molecule has 21 heavy (non-hydrogen) atoms. The average Bonchev–Trinajstić information content (AvgIpc) is 2.80. The highest BCUT2D eigenvalue weighted by molar-refractivity contribution is 6.02. The third-order valence-corrected chi connectivity index (χ3v) is 3.11. The Kier molecular flexibility index (Phi) is 4.16. The molecule has 0 spiro atoms. The summed E-state index contributed by atoms with van der Waals surface area (Å²) in [4.78, 5) is 12.1. The molecule has 0 aliphatic rings. The van der Waals surface area contributed by atoms with E-state index in [1.165, 1.54) is 25.1 Å². The lowest BCUT2D eigenvalue weighted by Gasteiger charge is -2.11. The van der Waals surface area contributed by atoms with Gasteiger partial charge in [0.2, 0.25) is 0 Å². The second-order valence-electron chi connectivity index (χ2n) is 4.68. The van der Waals surface area contributed by atoms with Gasteiger partial charge in [-0.1, -0.05) is 30.3 Å². The van der Waals surface area contributed by atoms with Gasteiger partial charge >= 0.3 is 6.18 Å². The van der Waals surface area contributed by atoms with Crippen molar-refractivity contribution in [1.82, 2.24) is 5.16 Å². The molecular formula is C15H14F3NO2. The van der Waals surface area contributed by atoms with Crippen LogP contribution in [-0.2, 0) is 6.18 Å². The molecule has 0 radical (unpaired) electrons. The Balaban J connectivity index is 2.62. The second-order valence-corrected chi connectivity index (χ2v) is 4.68. The largest absolute Gasteiger partial charge is 0.417 e. The molecule has 3 nitrogen and oxygen atoms in total. The van der Waals surface area contributed by atoms with E-state index in [0.717, 1.165) is 6.07 Å². The van der Waals surface area contributed by atoms with Crippen molar-refractivity contribution in [3.8, 4) is 11.3 Å². The summed E-state index contributed by atoms with van der Waals surface area (Å²) in [5.74, 6) is -0.0244. The molecule has 1 heterocycles. The van der Waals surface area contributed by atoms with Gasteiger partial charge in [0.1, 0.15) is 11.5 Å². The van der Waals surface area contributed by atoms with Gasteiger partial charge in [-0.2, -0.15) is 13.2 Å². The number of nitrogens with zero attached hydrogens (tertiary/aromatic N) is 1. The first-order valence-electron chi connectivity index (χ1n) is 6.52. The molecule has 0 bridgehead atoms. The van der Waals surface area contributed by atoms with Crippen molar-refractivity contribution >= 4 is 5.78 Å². The molecular weight excluding hydrogens is 283 g/mol. The van der Waals surface area contributed by atoms with Crippen molar-refractivity contribution < 1.29 is 22.5 Å². The number of carbonyl (C=O) groups is 1. The Labute approximate surface area is 119 Å². The molecule has 0 aliphatic heterocycles. The topological polar surface area (TPSA) is 43.1 Å². The quantitative estimate of drug-likeness (QED) is 0.771. The molecule has 0 amide bonds. The van der Waals surface area contributed by atoms with Crippen LogP contribution in [0.15, 0.2) is 28.8 Å². The number of hydrogen-bond acceptors (Lipinski definition) is 3. The molecule has 112 valence electrons. The molecule has 0 unspecified atom stereocenters. The van der Waals surface area contributed by atoms with Crippen LogP contribution in [-0.4, -0.2) is 10.9 Å². The Bertz CT molecular complexity index is 659. The maximum absolute atomic E-state index is 13.1. The van der Waals surface area contributed by atoms with E-state index in [1.807, 2.05) is 6.92 Å². The van der Waals surface area contributed by atoms with Crippen LogP contribution in [0, 0.1) is 6.92 Å². The standard InChI is InChI=1S/C15H14F3NO2/c1-3-6-12(20)13-9(2)21-19-14(13)10-7-4-5-8-11(10)15(16,17)18/h4-5,7-8H,3,6H2,1-2H3. The lowest BCUT2D eigenvalue weighted by molar-refractivity contribution is -0.137. The number of alkyl halides is 3. The molecule has 6 heteroatoms. The van der Waals surface area contributed by atoms with Crippen LogP contribution >= 0.6 is 0 Å². The molecule has 0 aliphatic carbocycles. The fourth-order valence-corrected chi connectivity index (χ4v) is 2.17. The van der Waals surface area contributed by atoms with Crippen molar-refractivity contribution in [2.24, 2.45) is 0 Å². The van der Waals surface area contributed by atoms with Gasteiger partial charge in [-0.25, -0.2) is 0 Å². The smallest absolute Gasteiger partial charge is 0.360 e. The Morgan fingerprint density at radius 2 is 1.95 bits per heavy atom. The number of hydrogen-bond donors (Lipinski definition) is 0. The molecule has 0 fully saturated rings. The van der Waals surface area contributed by atoms with Crippen LogP contribution in [0.3, 0.4) is 0 Å². The molecule has 1 aromatic heterocycles. The molecule has 0 N–H and O–H groups in total. The van der Waals surface area contributed by atoms with E-state index in [0.29, 0.717) is 6.42 Å². The third kappa shape index (κ3) is 2.99. The van der Waals surface area contributed by atoms with E-state index in [2.05, 4.69) is 5.16 Å². The Hall–Kier alpha value is -2.11. The minimum atomic E-state index is -4.52. The number of halogens is 3. The lowest BCUT2D eigenvalue weighted by Crippen LogP contribution is -2.09. The van der Waals surface area contributed by atoms with Crippen LogP contribution in [0.4, 0.5) is 13.2 Å². The molecule has 0 saturated carbocycles. The number of benzene rings is 1. The lowest BCUT2D eigenvalue weighted by atomic mass is 9.97. The summed E-state index contributed by atoms with van der Waals surface area (Å²) in [5.41, 5.74) is -0.877. The van der Waals surface area contributed by atoms with Gasteiger partial charge in [-0.3, -0.25) is 4.79 Å². The number of aromatic nitrogens is 1. The van der Waals surface area contributed by atoms with E-state index in [9.17, 15) is 18.0 Å². The van der Waals surface area contributed by atoms with Crippen LogP contribution in [0.25, 0.3) is 11.3 Å². The minimum absolute atomic E-state index is 0.0427. The van der Waals surface area contributed by atoms with Crippen molar-refractivity contribution in [3.05, 3.63) is 41.2 Å². The van der Waals surface area contributed by atoms with E-state index in [1.54, 1.807) is 0 Å². The SMILES string of the molecule is CCCC(=O)c1c(-c2ccccc2C(F)(F)F)noc1C. The molecule has 0 atom stereocenters. The molecule has 2 aromatic rings. The van der Waals surface area contributed by atoms with Crippen LogP contribution in [0.2, 0.25) is 0 Å². The zero-order valence-electron chi connectivity index (χ0n) is 11.6. The summed E-state index contributed by atoms with van der Waals surface area (Å²) in [6.45, 7) is 3.35. The first kappa shape index (κ1) is 15.3. The highest BCUT2D eigenvalue weighted by Crippen LogP contribution is 2.38. The van der Waals surface area contributed by atoms with Crippen LogP contribution < -0.4 is 0 Å². The fraction of sp³-hybridized carbons (Fsp3) is 0.333. The van der Waals surface area contributed by atoms with Crippen molar-refractivity contribution in [2.75, 3.05) is 0 Å². The molecule has 2 rings (SSSR count). The summed E-state index contributed by atoms with van der Waals surface area (Å²) in [5, 5.41) is 3.67. The highest BCUT2D eigenvalue weighted by atomic mass is 19.4. The number of ketones is 1. The molecule has 1 aromatic carbocycles. The average molecular weight is 297 g/mol. The van der Waals surface area contributed by atoms with Crippen molar-refractivity contribution in [2.45, 2.75) is 32.9 Å². The van der Waals surface area contributed by atoms with Gasteiger partial charge in [0.25, 0.3) is 0 Å². The monoisotopic (exact) mass is 297 g/mol. The van der Waals surface area contributed by atoms with E-state index < -0.39 is 11.7 Å². The molecule has 0 saturated heterocycles. The summed E-state index contributed by atoms with van der Waals surface area (Å²) in [6, 6.07) is 5.03. The maximum Gasteiger partial charge on any atom is 0.417 e. The highest BCUT2D eigenvalue weighted by Gasteiger charge is 2.35. The minimum Gasteiger partial charge on any atom is -0.360 e. The van der Waals surface area contributed by atoms with E-state index >= 15 is 0 Å². The summed E-state index contributed by atoms with van der Waals surface area (Å²) < 4.78 is 44.2. The van der Waals surface area contributed by atoms with Gasteiger partial charge in [0.15, 0.2) is 5.78 Å². The van der Waals surface area contributed by atoms with E-state index in [-0.39, 0.29) is 34.8 Å². The fourth-order valence-electron chi connectivity index (χ4n) is 2.17. The number of carbonyl (C=O) groups excluding carboxylic acids is 1. The Morgan fingerprint density at radius 3 is 2.57 bits per heavy atom. The summed E-state index contributed by atoms with van der Waals surface area (Å²) in [6.07, 6.45) is -3.68. The first-order valence-corrected chi connectivity index (χ1v) is 6.52. The number of rotatable bonds is 4. The maximum atomic E-state index is 13.1. The summed E-state index contributed by atoms with van der Waals surface area (Å²) >= 11 is 0. The number of aryl methyl sites for hydroxylation is 1. The van der Waals surface area contributed by atoms with Gasteiger partial charge in [-0.15, -0.1) is 0 Å². The van der Waals surface area contributed by atoms with Gasteiger partial charge in [0, 0.05) is 12.0 Å². The van der Waals surface area contributed by atoms with Crippen LogP contribution in [0.1, 0.15) is 41.4 Å². The third-order valence-electron chi connectivity index (χ3n) is 3.11. The van der Waals surface area contributed by atoms with Crippen molar-refractivity contribution in [3.63, 3.8) is 0 Å². The normalized spacial score (nSPS) is 11.7. The van der Waals surface area contributed by atoms with Gasteiger partial charge < -0.3 is 4.52 Å². The van der Waals surface area contributed by atoms with Crippen LogP contribution in [0.5, 0.6) is 0 Å². The predicted molar refractivity (Wildman–Crippen MR) is 70.9 cm³/mol.